The van der Waals surface area contributed by atoms with Gasteiger partial charge < -0.3 is 10.6 Å². The van der Waals surface area contributed by atoms with E-state index in [2.05, 4.69) is 20.7 Å². The van der Waals surface area contributed by atoms with Crippen LogP contribution in [0.1, 0.15) is 25.5 Å². The fourth-order valence-electron chi connectivity index (χ4n) is 2.45. The Bertz CT molecular complexity index is 1040. The van der Waals surface area contributed by atoms with E-state index >= 15 is 0 Å². The van der Waals surface area contributed by atoms with Gasteiger partial charge in [0.15, 0.2) is 0 Å². The van der Waals surface area contributed by atoms with Gasteiger partial charge in [-0.05, 0) is 55.8 Å². The van der Waals surface area contributed by atoms with Crippen molar-refractivity contribution in [2.24, 2.45) is 0 Å². The summed E-state index contributed by atoms with van der Waals surface area (Å²) >= 11 is 0. The quantitative estimate of drug-likeness (QED) is 0.663. The number of sulfone groups is 1. The van der Waals surface area contributed by atoms with Crippen LogP contribution in [0.2, 0.25) is 0 Å². The summed E-state index contributed by atoms with van der Waals surface area (Å²) in [5.74, 6) is 0. The summed E-state index contributed by atoms with van der Waals surface area (Å²) in [6.07, 6.45) is 6.16. The molecule has 3 aromatic rings. The molecule has 2 heterocycles. The summed E-state index contributed by atoms with van der Waals surface area (Å²) in [7, 11) is -3.66. The first-order valence-electron chi connectivity index (χ1n) is 8.69. The van der Waals surface area contributed by atoms with Gasteiger partial charge in [0.2, 0.25) is 9.84 Å². The van der Waals surface area contributed by atoms with Crippen LogP contribution in [0.15, 0.2) is 71.0 Å². The van der Waals surface area contributed by atoms with Crippen LogP contribution in [0, 0.1) is 0 Å². The van der Waals surface area contributed by atoms with Crippen LogP contribution < -0.4 is 10.6 Å². The number of nitrogens with one attached hydrogen (secondary N) is 2. The SMILES string of the molecule is CC(C)n1cc(S(=O)(=O)c2ccc(NC(=O)NCc3ccncc3)cc2)cn1. The fraction of sp³-hybridized carbons (Fsp3) is 0.211. The molecule has 0 fully saturated rings. The molecule has 0 atom stereocenters. The van der Waals surface area contributed by atoms with Gasteiger partial charge in [-0.25, -0.2) is 13.2 Å². The van der Waals surface area contributed by atoms with Crippen molar-refractivity contribution >= 4 is 21.6 Å². The highest BCUT2D eigenvalue weighted by atomic mass is 32.2. The van der Waals surface area contributed by atoms with Crippen molar-refractivity contribution < 1.29 is 13.2 Å². The summed E-state index contributed by atoms with van der Waals surface area (Å²) in [6.45, 7) is 4.20. The Kier molecular flexibility index (Phi) is 5.74. The van der Waals surface area contributed by atoms with Crippen molar-refractivity contribution in [1.82, 2.24) is 20.1 Å². The highest BCUT2D eigenvalue weighted by Gasteiger charge is 2.20. The smallest absolute Gasteiger partial charge is 0.319 e. The van der Waals surface area contributed by atoms with Crippen LogP contribution in [-0.4, -0.2) is 29.2 Å². The normalized spacial score (nSPS) is 11.4. The van der Waals surface area contributed by atoms with Gasteiger partial charge in [0, 0.05) is 36.9 Å². The van der Waals surface area contributed by atoms with Crippen molar-refractivity contribution in [2.75, 3.05) is 5.32 Å². The van der Waals surface area contributed by atoms with Crippen LogP contribution in [0.4, 0.5) is 10.5 Å². The Hall–Kier alpha value is -3.20. The zero-order valence-electron chi connectivity index (χ0n) is 15.5. The zero-order chi connectivity index (χ0) is 20.1. The van der Waals surface area contributed by atoms with Crippen LogP contribution in [-0.2, 0) is 16.4 Å². The molecular weight excluding hydrogens is 378 g/mol. The Balaban J connectivity index is 1.64. The molecule has 0 aliphatic rings. The van der Waals surface area contributed by atoms with E-state index in [-0.39, 0.29) is 21.9 Å². The van der Waals surface area contributed by atoms with Crippen LogP contribution in [0.5, 0.6) is 0 Å². The molecule has 0 bridgehead atoms. The largest absolute Gasteiger partial charge is 0.334 e. The van der Waals surface area contributed by atoms with E-state index < -0.39 is 9.84 Å². The van der Waals surface area contributed by atoms with Gasteiger partial charge in [0.05, 0.1) is 11.1 Å². The van der Waals surface area contributed by atoms with Crippen LogP contribution >= 0.6 is 0 Å². The molecule has 2 N–H and O–H groups in total. The molecule has 0 saturated carbocycles. The van der Waals surface area contributed by atoms with E-state index in [1.807, 2.05) is 13.8 Å². The number of urea groups is 1. The van der Waals surface area contributed by atoms with Crippen molar-refractivity contribution in [3.05, 3.63) is 66.7 Å². The summed E-state index contributed by atoms with van der Waals surface area (Å²) in [6, 6.07) is 9.31. The third-order valence-electron chi connectivity index (χ3n) is 4.04. The third kappa shape index (κ3) is 4.55. The second-order valence-electron chi connectivity index (χ2n) is 6.44. The number of aromatic nitrogens is 3. The number of hydrogen-bond acceptors (Lipinski definition) is 5. The highest BCUT2D eigenvalue weighted by molar-refractivity contribution is 7.91. The molecule has 0 spiro atoms. The number of hydrogen-bond donors (Lipinski definition) is 2. The summed E-state index contributed by atoms with van der Waals surface area (Å²) in [4.78, 5) is 16.2. The van der Waals surface area contributed by atoms with Crippen LogP contribution in [0.3, 0.4) is 0 Å². The summed E-state index contributed by atoms with van der Waals surface area (Å²) in [5, 5.41) is 9.48. The number of amides is 2. The van der Waals surface area contributed by atoms with E-state index in [0.29, 0.717) is 12.2 Å². The molecule has 0 radical (unpaired) electrons. The fourth-order valence-corrected chi connectivity index (χ4v) is 3.65. The predicted molar refractivity (Wildman–Crippen MR) is 105 cm³/mol. The molecule has 2 aromatic heterocycles. The van der Waals surface area contributed by atoms with Crippen molar-refractivity contribution in [3.8, 4) is 0 Å². The number of rotatable bonds is 6. The lowest BCUT2D eigenvalue weighted by atomic mass is 10.3. The first kappa shape index (κ1) is 19.6. The molecule has 0 saturated heterocycles. The van der Waals surface area contributed by atoms with Crippen molar-refractivity contribution in [3.63, 3.8) is 0 Å². The molecule has 146 valence electrons. The topological polar surface area (TPSA) is 106 Å². The minimum atomic E-state index is -3.66. The molecule has 9 heteroatoms. The summed E-state index contributed by atoms with van der Waals surface area (Å²) < 4.78 is 27.0. The lowest BCUT2D eigenvalue weighted by Crippen LogP contribution is -2.28. The number of nitrogens with zero attached hydrogens (tertiary/aromatic N) is 3. The first-order chi connectivity index (χ1) is 13.4. The van der Waals surface area contributed by atoms with Gasteiger partial charge in [-0.3, -0.25) is 9.67 Å². The van der Waals surface area contributed by atoms with E-state index in [1.165, 1.54) is 24.5 Å². The number of benzene rings is 1. The van der Waals surface area contributed by atoms with E-state index in [4.69, 9.17) is 0 Å². The lowest BCUT2D eigenvalue weighted by molar-refractivity contribution is 0.251. The first-order valence-corrected chi connectivity index (χ1v) is 10.2. The Morgan fingerprint density at radius 1 is 1.07 bits per heavy atom. The zero-order valence-corrected chi connectivity index (χ0v) is 16.3. The van der Waals surface area contributed by atoms with E-state index in [0.717, 1.165) is 5.56 Å². The molecule has 8 nitrogen and oxygen atoms in total. The molecule has 28 heavy (non-hydrogen) atoms. The molecule has 3 rings (SSSR count). The minimum Gasteiger partial charge on any atom is -0.334 e. The standard InChI is InChI=1S/C19H21N5O3S/c1-14(2)24-13-18(12-22-24)28(26,27)17-5-3-16(4-6-17)23-19(25)21-11-15-7-9-20-10-8-15/h3-10,12-14H,11H2,1-2H3,(H2,21,23,25). The second-order valence-corrected chi connectivity index (χ2v) is 8.39. The van der Waals surface area contributed by atoms with Gasteiger partial charge in [-0.2, -0.15) is 5.10 Å². The Morgan fingerprint density at radius 3 is 2.36 bits per heavy atom. The maximum Gasteiger partial charge on any atom is 0.319 e. The van der Waals surface area contributed by atoms with Crippen LogP contribution in [0.25, 0.3) is 0 Å². The Morgan fingerprint density at radius 2 is 1.75 bits per heavy atom. The van der Waals surface area contributed by atoms with Crippen molar-refractivity contribution in [2.45, 2.75) is 36.2 Å². The maximum atomic E-state index is 12.7. The maximum absolute atomic E-state index is 12.7. The molecule has 0 aliphatic heterocycles. The lowest BCUT2D eigenvalue weighted by Gasteiger charge is -2.08. The average Bonchev–Trinajstić information content (AvgIpc) is 3.19. The molecule has 2 amide bonds. The molecule has 0 unspecified atom stereocenters. The predicted octanol–water partition coefficient (Wildman–Crippen LogP) is 3.01. The monoisotopic (exact) mass is 399 g/mol. The number of carbonyl (C=O) groups excluding carboxylic acids is 1. The molecule has 0 aliphatic carbocycles. The van der Waals surface area contributed by atoms with E-state index in [1.54, 1.807) is 41.3 Å². The van der Waals surface area contributed by atoms with E-state index in [9.17, 15) is 13.2 Å². The Labute approximate surface area is 163 Å². The average molecular weight is 399 g/mol. The number of anilines is 1. The number of carbonyl (C=O) groups is 1. The van der Waals surface area contributed by atoms with Gasteiger partial charge >= 0.3 is 6.03 Å². The van der Waals surface area contributed by atoms with Crippen molar-refractivity contribution in [1.29, 1.82) is 0 Å². The van der Waals surface area contributed by atoms with Gasteiger partial charge in [-0.15, -0.1) is 0 Å². The summed E-state index contributed by atoms with van der Waals surface area (Å²) in [5.41, 5.74) is 1.41. The minimum absolute atomic E-state index is 0.0705. The highest BCUT2D eigenvalue weighted by Crippen LogP contribution is 2.22. The van der Waals surface area contributed by atoms with Gasteiger partial charge in [0.25, 0.3) is 0 Å². The number of pyridine rings is 1. The molecule has 1 aromatic carbocycles. The second kappa shape index (κ2) is 8.22. The molecular formula is C19H21N5O3S. The van der Waals surface area contributed by atoms with Gasteiger partial charge in [0.1, 0.15) is 4.90 Å². The third-order valence-corrected chi connectivity index (χ3v) is 5.77. The van der Waals surface area contributed by atoms with Gasteiger partial charge in [-0.1, -0.05) is 0 Å².